The fourth-order valence-electron chi connectivity index (χ4n) is 16.2. The minimum absolute atomic E-state index is 0.0202. The molecular formula is C94H83B2N3S. The Balaban J connectivity index is 1.01. The summed E-state index contributed by atoms with van der Waals surface area (Å²) in [5.41, 5.74) is 35.1. The molecule has 17 rings (SSSR count). The van der Waals surface area contributed by atoms with Crippen LogP contribution in [0.15, 0.2) is 295 Å². The van der Waals surface area contributed by atoms with E-state index in [0.29, 0.717) is 0 Å². The topological polar surface area (TPSA) is 9.72 Å². The number of hydrogen-bond donors (Lipinski definition) is 0. The highest BCUT2D eigenvalue weighted by Gasteiger charge is 2.49. The molecule has 0 atom stereocenters. The Morgan fingerprint density at radius 3 is 1.03 bits per heavy atom. The van der Waals surface area contributed by atoms with Gasteiger partial charge in [0, 0.05) is 71.9 Å². The molecule has 486 valence electrons. The van der Waals surface area contributed by atoms with Gasteiger partial charge in [0.1, 0.15) is 0 Å². The first kappa shape index (κ1) is 63.2. The Morgan fingerprint density at radius 2 is 0.600 bits per heavy atom. The minimum Gasteiger partial charge on any atom is -0.311 e. The van der Waals surface area contributed by atoms with Crippen LogP contribution in [-0.2, 0) is 21.7 Å². The summed E-state index contributed by atoms with van der Waals surface area (Å²) >= 11 is 1.95. The molecule has 0 amide bonds. The zero-order chi connectivity index (χ0) is 68.7. The molecule has 0 fully saturated rings. The lowest BCUT2D eigenvalue weighted by Gasteiger charge is -2.47. The largest absolute Gasteiger partial charge is 0.311 e. The van der Waals surface area contributed by atoms with Crippen LogP contribution in [0.2, 0.25) is 0 Å². The fourth-order valence-corrected chi connectivity index (χ4v) is 17.5. The van der Waals surface area contributed by atoms with Gasteiger partial charge in [-0.1, -0.05) is 331 Å². The van der Waals surface area contributed by atoms with Gasteiger partial charge in [0.25, 0.3) is 6.71 Å². The van der Waals surface area contributed by atoms with Crippen LogP contribution in [0.4, 0.5) is 51.2 Å². The standard InChI is InChI=1S/C94H83B2N3S/c1-91(2,3)66-44-48-70(49-45-66)97-79-54-67(92(4,5)6)46-50-75(79)95-77-58-78-85(59-81(77)99(84-57-69(94(10,11)12)56-83(97)87(84)95)90-73(63-36-24-16-25-37-63)42-29-43-74(90)64-38-26-17-27-39-64)100-86-53-65(60-30-18-13-19-31-60)52-82-88(86)96(78)76-51-47-68(93(7,8)9)55-80(76)98(82)89-71(61-32-20-14-21-33-61)40-28-41-72(89)62-34-22-15-23-35-62/h13-59H,1-12H3. The van der Waals surface area contributed by atoms with Gasteiger partial charge in [0.2, 0.25) is 6.71 Å². The maximum atomic E-state index is 2.74. The predicted octanol–water partition coefficient (Wildman–Crippen LogP) is 22.1. The summed E-state index contributed by atoms with van der Waals surface area (Å²) in [6.45, 7) is 28.0. The van der Waals surface area contributed by atoms with Crippen molar-refractivity contribution in [1.82, 2.24) is 0 Å². The first-order valence-electron chi connectivity index (χ1n) is 35.7. The predicted molar refractivity (Wildman–Crippen MR) is 432 cm³/mol. The molecule has 0 radical (unpaired) electrons. The second kappa shape index (κ2) is 23.7. The maximum absolute atomic E-state index is 2.74. The molecule has 6 heteroatoms. The Morgan fingerprint density at radius 1 is 0.240 bits per heavy atom. The van der Waals surface area contributed by atoms with Crippen molar-refractivity contribution < 1.29 is 0 Å². The number of benzene rings is 13. The fraction of sp³-hybridized carbons (Fsp3) is 0.170. The van der Waals surface area contributed by atoms with E-state index in [1.165, 1.54) is 160 Å². The van der Waals surface area contributed by atoms with Crippen molar-refractivity contribution in [2.45, 2.75) is 115 Å². The van der Waals surface area contributed by atoms with Gasteiger partial charge in [-0.25, -0.2) is 0 Å². The summed E-state index contributed by atoms with van der Waals surface area (Å²) in [4.78, 5) is 10.6. The summed E-state index contributed by atoms with van der Waals surface area (Å²) < 4.78 is 0. The van der Waals surface area contributed by atoms with E-state index in [-0.39, 0.29) is 35.1 Å². The zero-order valence-corrected chi connectivity index (χ0v) is 60.4. The van der Waals surface area contributed by atoms with E-state index in [4.69, 9.17) is 0 Å². The normalized spacial score (nSPS) is 13.7. The van der Waals surface area contributed by atoms with Crippen LogP contribution in [-0.4, -0.2) is 13.4 Å². The van der Waals surface area contributed by atoms with Crippen LogP contribution in [0.3, 0.4) is 0 Å². The van der Waals surface area contributed by atoms with Gasteiger partial charge in [-0.2, -0.15) is 0 Å². The van der Waals surface area contributed by atoms with Gasteiger partial charge in [0.15, 0.2) is 0 Å². The second-order valence-corrected chi connectivity index (χ2v) is 33.2. The molecule has 13 aromatic carbocycles. The molecule has 0 saturated heterocycles. The van der Waals surface area contributed by atoms with Crippen LogP contribution in [0.5, 0.6) is 0 Å². The molecule has 4 heterocycles. The number of nitrogens with zero attached hydrogens (tertiary/aromatic N) is 3. The van der Waals surface area contributed by atoms with E-state index >= 15 is 0 Å². The van der Waals surface area contributed by atoms with E-state index in [9.17, 15) is 0 Å². The number of rotatable bonds is 8. The van der Waals surface area contributed by atoms with Crippen molar-refractivity contribution in [3.63, 3.8) is 0 Å². The van der Waals surface area contributed by atoms with E-state index < -0.39 is 0 Å². The quantitative estimate of drug-likeness (QED) is 0.140. The molecule has 0 unspecified atom stereocenters. The number of anilines is 9. The minimum atomic E-state index is -0.231. The third kappa shape index (κ3) is 10.6. The monoisotopic (exact) mass is 1310 g/mol. The lowest BCUT2D eigenvalue weighted by molar-refractivity contribution is 0.589. The van der Waals surface area contributed by atoms with E-state index in [0.717, 1.165) is 11.4 Å². The van der Waals surface area contributed by atoms with Crippen molar-refractivity contribution in [1.29, 1.82) is 0 Å². The van der Waals surface area contributed by atoms with Crippen LogP contribution < -0.4 is 47.5 Å². The van der Waals surface area contributed by atoms with Crippen LogP contribution in [0, 0.1) is 0 Å². The van der Waals surface area contributed by atoms with Crippen molar-refractivity contribution in [2.24, 2.45) is 0 Å². The third-order valence-electron chi connectivity index (χ3n) is 21.5. The van der Waals surface area contributed by atoms with E-state index in [1.807, 2.05) is 11.8 Å². The molecule has 0 aliphatic carbocycles. The summed E-state index contributed by atoms with van der Waals surface area (Å²) in [5, 5.41) is 0. The van der Waals surface area contributed by atoms with Gasteiger partial charge < -0.3 is 14.7 Å². The maximum Gasteiger partial charge on any atom is 0.252 e. The molecule has 3 nitrogen and oxygen atoms in total. The zero-order valence-electron chi connectivity index (χ0n) is 59.5. The average molecular weight is 1310 g/mol. The Bertz CT molecular complexity index is 5260. The van der Waals surface area contributed by atoms with E-state index in [2.05, 4.69) is 383 Å². The first-order chi connectivity index (χ1) is 48.2. The first-order valence-corrected chi connectivity index (χ1v) is 36.5. The highest BCUT2D eigenvalue weighted by Crippen LogP contribution is 2.55. The molecule has 4 aliphatic rings. The summed E-state index contributed by atoms with van der Waals surface area (Å²) in [6, 6.07) is 109. The number of fused-ring (bicyclic) bond motifs is 8. The molecule has 0 bridgehead atoms. The van der Waals surface area contributed by atoms with Crippen LogP contribution in [0.25, 0.3) is 55.6 Å². The molecule has 0 saturated carbocycles. The lowest BCUT2D eigenvalue weighted by Crippen LogP contribution is -2.64. The van der Waals surface area contributed by atoms with Crippen molar-refractivity contribution >= 4 is 109 Å². The summed E-state index contributed by atoms with van der Waals surface area (Å²) in [6.07, 6.45) is 0. The van der Waals surface area contributed by atoms with Gasteiger partial charge in [-0.3, -0.25) is 0 Å². The van der Waals surface area contributed by atoms with E-state index in [1.54, 1.807) is 0 Å². The van der Waals surface area contributed by atoms with Crippen LogP contribution >= 0.6 is 11.8 Å². The Hall–Kier alpha value is -10.3. The number of para-hydroxylation sites is 2. The third-order valence-corrected chi connectivity index (χ3v) is 22.6. The number of hydrogen-bond acceptors (Lipinski definition) is 4. The summed E-state index contributed by atoms with van der Waals surface area (Å²) in [5.74, 6) is 0. The van der Waals surface area contributed by atoms with Crippen molar-refractivity contribution in [3.05, 3.63) is 307 Å². The lowest BCUT2D eigenvalue weighted by atomic mass is 9.31. The van der Waals surface area contributed by atoms with Gasteiger partial charge in [-0.15, -0.1) is 0 Å². The van der Waals surface area contributed by atoms with Crippen molar-refractivity contribution in [3.8, 4) is 55.6 Å². The molecule has 13 aromatic rings. The van der Waals surface area contributed by atoms with Crippen LogP contribution in [0.1, 0.15) is 105 Å². The average Bonchev–Trinajstić information content (AvgIpc) is 0.688. The SMILES string of the molecule is CC(C)(C)c1ccc(N2c3cc(C(C)(C)C)ccc3B3c4cc5c(cc4N(c4c(-c6ccccc6)cccc4-c4ccccc4)c4cc(C(C)(C)C)cc2c43)Sc2cc(-c3ccccc3)cc3c2B5c2ccc(C(C)(C)C)cc2N3c2c(-c3ccccc3)cccc2-c2ccccc2)cc1. The van der Waals surface area contributed by atoms with Gasteiger partial charge >= 0.3 is 0 Å². The molecular weight excluding hydrogens is 1220 g/mol. The second-order valence-electron chi connectivity index (χ2n) is 32.1. The van der Waals surface area contributed by atoms with Gasteiger partial charge in [-0.05, 0) is 159 Å². The smallest absolute Gasteiger partial charge is 0.252 e. The highest BCUT2D eigenvalue weighted by molar-refractivity contribution is 8.00. The molecule has 0 spiro atoms. The summed E-state index contributed by atoms with van der Waals surface area (Å²) in [7, 11) is 0. The Kier molecular flexibility index (Phi) is 15.0. The molecule has 4 aliphatic heterocycles. The van der Waals surface area contributed by atoms with Gasteiger partial charge in [0.05, 0.1) is 11.4 Å². The molecule has 0 aromatic heterocycles. The molecule has 100 heavy (non-hydrogen) atoms. The Labute approximate surface area is 597 Å². The van der Waals surface area contributed by atoms with Crippen molar-refractivity contribution in [2.75, 3.05) is 14.7 Å². The molecule has 0 N–H and O–H groups in total. The highest BCUT2D eigenvalue weighted by atomic mass is 32.2.